The lowest BCUT2D eigenvalue weighted by Crippen LogP contribution is -2.45. The van der Waals surface area contributed by atoms with Crippen LogP contribution < -0.4 is 9.64 Å². The van der Waals surface area contributed by atoms with E-state index in [1.807, 2.05) is 30.3 Å². The SMILES string of the molecule is C=CCN1c2ccc(-c3ccccc3OC)c(COC(=O)C=C)c2C(C)=CC1(C)C. The van der Waals surface area contributed by atoms with E-state index in [0.717, 1.165) is 39.3 Å². The summed E-state index contributed by atoms with van der Waals surface area (Å²) in [6.07, 6.45) is 5.35. The fraction of sp³-hybridized carbons (Fsp3) is 0.269. The molecule has 1 aliphatic heterocycles. The van der Waals surface area contributed by atoms with Crippen LogP contribution in [0.25, 0.3) is 16.7 Å². The lowest BCUT2D eigenvalue weighted by Gasteiger charge is -2.43. The topological polar surface area (TPSA) is 38.8 Å². The van der Waals surface area contributed by atoms with E-state index in [1.165, 1.54) is 6.08 Å². The summed E-state index contributed by atoms with van der Waals surface area (Å²) < 4.78 is 11.1. The molecule has 2 aromatic carbocycles. The zero-order chi connectivity index (χ0) is 21.9. The molecule has 0 amide bonds. The molecule has 156 valence electrons. The molecule has 0 bridgehead atoms. The van der Waals surface area contributed by atoms with Gasteiger partial charge in [-0.1, -0.05) is 43.0 Å². The van der Waals surface area contributed by atoms with E-state index in [1.54, 1.807) is 7.11 Å². The van der Waals surface area contributed by atoms with Crippen LogP contribution in [-0.4, -0.2) is 25.2 Å². The molecule has 0 unspecified atom stereocenters. The molecule has 2 aromatic rings. The highest BCUT2D eigenvalue weighted by molar-refractivity contribution is 5.89. The molecule has 0 aliphatic carbocycles. The summed E-state index contributed by atoms with van der Waals surface area (Å²) >= 11 is 0. The second-order valence-corrected chi connectivity index (χ2v) is 7.88. The summed E-state index contributed by atoms with van der Waals surface area (Å²) in [6.45, 7) is 14.8. The molecular formula is C26H29NO3. The van der Waals surface area contributed by atoms with Crippen LogP contribution in [0.15, 0.2) is 67.8 Å². The Morgan fingerprint density at radius 1 is 1.13 bits per heavy atom. The zero-order valence-corrected chi connectivity index (χ0v) is 18.2. The molecular weight excluding hydrogens is 374 g/mol. The minimum Gasteiger partial charge on any atom is -0.496 e. The van der Waals surface area contributed by atoms with Crippen LogP contribution in [0.4, 0.5) is 5.69 Å². The normalized spacial score (nSPS) is 14.4. The predicted molar refractivity (Wildman–Crippen MR) is 124 cm³/mol. The molecule has 0 aromatic heterocycles. The zero-order valence-electron chi connectivity index (χ0n) is 18.2. The monoisotopic (exact) mass is 403 g/mol. The molecule has 1 heterocycles. The lowest BCUT2D eigenvalue weighted by atomic mass is 9.83. The predicted octanol–water partition coefficient (Wildman–Crippen LogP) is 5.78. The Kier molecular flexibility index (Phi) is 6.16. The molecule has 4 nitrogen and oxygen atoms in total. The van der Waals surface area contributed by atoms with Crippen LogP contribution in [-0.2, 0) is 16.1 Å². The van der Waals surface area contributed by atoms with Gasteiger partial charge in [0.1, 0.15) is 12.4 Å². The fourth-order valence-electron chi connectivity index (χ4n) is 4.23. The van der Waals surface area contributed by atoms with E-state index in [4.69, 9.17) is 9.47 Å². The van der Waals surface area contributed by atoms with Crippen molar-refractivity contribution in [2.45, 2.75) is 32.9 Å². The third-order valence-electron chi connectivity index (χ3n) is 5.48. The summed E-state index contributed by atoms with van der Waals surface area (Å²) in [5, 5.41) is 0. The molecule has 3 rings (SSSR count). The van der Waals surface area contributed by atoms with Gasteiger partial charge in [-0.25, -0.2) is 4.79 Å². The molecule has 0 saturated heterocycles. The number of fused-ring (bicyclic) bond motifs is 1. The summed E-state index contributed by atoms with van der Waals surface area (Å²) in [4.78, 5) is 14.2. The third-order valence-corrected chi connectivity index (χ3v) is 5.48. The van der Waals surface area contributed by atoms with Crippen molar-refractivity contribution in [3.63, 3.8) is 0 Å². The van der Waals surface area contributed by atoms with Crippen LogP contribution in [0.3, 0.4) is 0 Å². The number of carbonyl (C=O) groups excluding carboxylic acids is 1. The van der Waals surface area contributed by atoms with E-state index in [2.05, 4.69) is 57.0 Å². The standard InChI is InChI=1S/C26H29NO3/c1-7-15-27-22-14-13-19(20-11-9-10-12-23(20)29-6)21(17-30-24(28)8-2)25(22)18(3)16-26(27,4)5/h7-14,16H,1-2,15,17H2,3-6H3. The van der Waals surface area contributed by atoms with Crippen LogP contribution in [0, 0.1) is 0 Å². The van der Waals surface area contributed by atoms with Crippen molar-refractivity contribution >= 4 is 17.2 Å². The number of esters is 1. The Morgan fingerprint density at radius 3 is 2.53 bits per heavy atom. The number of rotatable bonds is 7. The van der Waals surface area contributed by atoms with Crippen molar-refractivity contribution in [2.75, 3.05) is 18.6 Å². The van der Waals surface area contributed by atoms with E-state index in [-0.39, 0.29) is 12.1 Å². The Labute approximate surface area is 179 Å². The third kappa shape index (κ3) is 3.90. The number of hydrogen-bond acceptors (Lipinski definition) is 4. The number of carbonyl (C=O) groups is 1. The van der Waals surface area contributed by atoms with Crippen molar-refractivity contribution in [2.24, 2.45) is 0 Å². The minimum absolute atomic E-state index is 0.148. The number of allylic oxidation sites excluding steroid dienone is 1. The first kappa shape index (κ1) is 21.4. The quantitative estimate of drug-likeness (QED) is 0.334. The summed E-state index contributed by atoms with van der Waals surface area (Å²) in [6, 6.07) is 12.1. The van der Waals surface area contributed by atoms with Gasteiger partial charge in [-0.3, -0.25) is 0 Å². The number of nitrogens with zero attached hydrogens (tertiary/aromatic N) is 1. The minimum atomic E-state index is -0.445. The van der Waals surface area contributed by atoms with E-state index >= 15 is 0 Å². The largest absolute Gasteiger partial charge is 0.496 e. The van der Waals surface area contributed by atoms with Gasteiger partial charge in [-0.15, -0.1) is 6.58 Å². The summed E-state index contributed by atoms with van der Waals surface area (Å²) in [5.41, 5.74) is 6.06. The van der Waals surface area contributed by atoms with Crippen molar-refractivity contribution in [1.29, 1.82) is 0 Å². The molecule has 0 N–H and O–H groups in total. The Morgan fingerprint density at radius 2 is 1.87 bits per heavy atom. The molecule has 0 atom stereocenters. The first-order chi connectivity index (χ1) is 14.3. The van der Waals surface area contributed by atoms with Crippen LogP contribution in [0.1, 0.15) is 31.9 Å². The maximum Gasteiger partial charge on any atom is 0.330 e. The van der Waals surface area contributed by atoms with Gasteiger partial charge in [-0.05, 0) is 44.0 Å². The maximum atomic E-state index is 11.9. The second-order valence-electron chi connectivity index (χ2n) is 7.88. The van der Waals surface area contributed by atoms with Gasteiger partial charge in [0.05, 0.1) is 12.6 Å². The Balaban J connectivity index is 2.28. The number of hydrogen-bond donors (Lipinski definition) is 0. The molecule has 1 aliphatic rings. The lowest BCUT2D eigenvalue weighted by molar-refractivity contribution is -0.138. The summed E-state index contributed by atoms with van der Waals surface area (Å²) in [5.74, 6) is 0.328. The number of para-hydroxylation sites is 1. The number of methoxy groups -OCH3 is 1. The molecule has 0 radical (unpaired) electrons. The van der Waals surface area contributed by atoms with Gasteiger partial charge in [0, 0.05) is 35.0 Å². The smallest absolute Gasteiger partial charge is 0.330 e. The maximum absolute atomic E-state index is 11.9. The Hall–Kier alpha value is -3.27. The van der Waals surface area contributed by atoms with Crippen molar-refractivity contribution < 1.29 is 14.3 Å². The molecule has 0 fully saturated rings. The van der Waals surface area contributed by atoms with Crippen LogP contribution in [0.2, 0.25) is 0 Å². The molecule has 0 saturated carbocycles. The first-order valence-corrected chi connectivity index (χ1v) is 10.0. The van der Waals surface area contributed by atoms with Gasteiger partial charge in [0.15, 0.2) is 0 Å². The summed E-state index contributed by atoms with van der Waals surface area (Å²) in [7, 11) is 1.66. The van der Waals surface area contributed by atoms with Crippen LogP contribution >= 0.6 is 0 Å². The molecule has 4 heteroatoms. The van der Waals surface area contributed by atoms with Crippen molar-refractivity contribution in [3.05, 3.63) is 78.9 Å². The highest BCUT2D eigenvalue weighted by atomic mass is 16.5. The fourth-order valence-corrected chi connectivity index (χ4v) is 4.23. The molecule has 30 heavy (non-hydrogen) atoms. The van der Waals surface area contributed by atoms with E-state index < -0.39 is 5.97 Å². The van der Waals surface area contributed by atoms with Crippen LogP contribution in [0.5, 0.6) is 5.75 Å². The number of anilines is 1. The second kappa shape index (κ2) is 8.62. The first-order valence-electron chi connectivity index (χ1n) is 10.0. The molecule has 0 spiro atoms. The number of ether oxygens (including phenoxy) is 2. The van der Waals surface area contributed by atoms with Gasteiger partial charge in [-0.2, -0.15) is 0 Å². The highest BCUT2D eigenvalue weighted by Crippen LogP contribution is 2.45. The average Bonchev–Trinajstić information content (AvgIpc) is 2.73. The van der Waals surface area contributed by atoms with Crippen molar-refractivity contribution in [1.82, 2.24) is 0 Å². The van der Waals surface area contributed by atoms with Crippen molar-refractivity contribution in [3.8, 4) is 16.9 Å². The van der Waals surface area contributed by atoms with Gasteiger partial charge in [0.25, 0.3) is 0 Å². The van der Waals surface area contributed by atoms with Gasteiger partial charge in [0.2, 0.25) is 0 Å². The van der Waals surface area contributed by atoms with Gasteiger partial charge < -0.3 is 14.4 Å². The Bertz CT molecular complexity index is 1020. The van der Waals surface area contributed by atoms with E-state index in [9.17, 15) is 4.79 Å². The highest BCUT2D eigenvalue weighted by Gasteiger charge is 2.33. The van der Waals surface area contributed by atoms with E-state index in [0.29, 0.717) is 6.54 Å². The number of benzene rings is 2. The van der Waals surface area contributed by atoms with Gasteiger partial charge >= 0.3 is 5.97 Å². The average molecular weight is 404 g/mol.